The Kier molecular flexibility index (Phi) is 3.52. The van der Waals surface area contributed by atoms with Crippen LogP contribution >= 0.6 is 23.2 Å². The van der Waals surface area contributed by atoms with E-state index in [1.54, 1.807) is 18.2 Å². The number of nitrogens with one attached hydrogen (secondary N) is 1. The van der Waals surface area contributed by atoms with Gasteiger partial charge in [-0.15, -0.1) is 0 Å². The van der Waals surface area contributed by atoms with E-state index in [1.165, 1.54) is 5.56 Å². The Morgan fingerprint density at radius 2 is 2.05 bits per heavy atom. The fraction of sp³-hybridized carbons (Fsp3) is 0.200. The minimum Gasteiger partial charge on any atom is -0.338 e. The highest BCUT2D eigenvalue weighted by atomic mass is 35.5. The van der Waals surface area contributed by atoms with Gasteiger partial charge in [-0.2, -0.15) is 5.26 Å². The predicted molar refractivity (Wildman–Crippen MR) is 80.7 cm³/mol. The number of fused-ring (bicyclic) bond motifs is 1. The average molecular weight is 304 g/mol. The van der Waals surface area contributed by atoms with Gasteiger partial charge < -0.3 is 5.32 Å². The molecule has 2 aromatic rings. The predicted octanol–water partition coefficient (Wildman–Crippen LogP) is 4.49. The molecule has 5 heteroatoms. The van der Waals surface area contributed by atoms with Crippen LogP contribution in [0.4, 0.5) is 11.5 Å². The number of aromatic nitrogens is 1. The first-order valence-electron chi connectivity index (χ1n) is 6.32. The lowest BCUT2D eigenvalue weighted by atomic mass is 10.1. The summed E-state index contributed by atoms with van der Waals surface area (Å²) >= 11 is 12.0. The number of benzene rings is 1. The molecule has 1 aliphatic rings. The molecule has 0 spiro atoms. The standard InChI is InChI=1S/C15H11Cl2N3/c16-11-4-5-14(12(17)7-11)20-15-10(8-18)6-9-2-1-3-13(9)19-15/h4-7H,1-3H2,(H,19,20). The average Bonchev–Trinajstić information content (AvgIpc) is 2.88. The molecular formula is C15H11Cl2N3. The minimum absolute atomic E-state index is 0.503. The molecule has 0 radical (unpaired) electrons. The summed E-state index contributed by atoms with van der Waals surface area (Å²) in [5.74, 6) is 0.553. The van der Waals surface area contributed by atoms with Crippen molar-refractivity contribution in [1.82, 2.24) is 4.98 Å². The Bertz CT molecular complexity index is 720. The Morgan fingerprint density at radius 1 is 1.20 bits per heavy atom. The van der Waals surface area contributed by atoms with Crippen LogP contribution in [0.1, 0.15) is 23.2 Å². The van der Waals surface area contributed by atoms with Crippen molar-refractivity contribution in [1.29, 1.82) is 5.26 Å². The van der Waals surface area contributed by atoms with Gasteiger partial charge in [0.2, 0.25) is 0 Å². The zero-order chi connectivity index (χ0) is 14.1. The first-order chi connectivity index (χ1) is 9.67. The fourth-order valence-electron chi connectivity index (χ4n) is 2.37. The van der Waals surface area contributed by atoms with Crippen LogP contribution in [-0.4, -0.2) is 4.98 Å². The highest BCUT2D eigenvalue weighted by molar-refractivity contribution is 6.36. The van der Waals surface area contributed by atoms with Gasteiger partial charge in [0.1, 0.15) is 11.9 Å². The third-order valence-corrected chi connectivity index (χ3v) is 3.90. The van der Waals surface area contributed by atoms with Crippen molar-refractivity contribution in [2.45, 2.75) is 19.3 Å². The quantitative estimate of drug-likeness (QED) is 0.889. The van der Waals surface area contributed by atoms with Crippen LogP contribution in [-0.2, 0) is 12.8 Å². The zero-order valence-corrected chi connectivity index (χ0v) is 12.1. The van der Waals surface area contributed by atoms with Crippen LogP contribution in [0.3, 0.4) is 0 Å². The summed E-state index contributed by atoms with van der Waals surface area (Å²) < 4.78 is 0. The lowest BCUT2D eigenvalue weighted by Gasteiger charge is -2.11. The first kappa shape index (κ1) is 13.2. The third kappa shape index (κ3) is 2.45. The first-order valence-corrected chi connectivity index (χ1v) is 7.08. The highest BCUT2D eigenvalue weighted by Crippen LogP contribution is 2.31. The van der Waals surface area contributed by atoms with Crippen LogP contribution in [0.5, 0.6) is 0 Å². The number of nitrogens with zero attached hydrogens (tertiary/aromatic N) is 2. The Morgan fingerprint density at radius 3 is 2.80 bits per heavy atom. The fourth-order valence-corrected chi connectivity index (χ4v) is 2.83. The second-order valence-corrected chi connectivity index (χ2v) is 5.55. The molecule has 1 heterocycles. The molecule has 0 saturated heterocycles. The molecule has 3 nitrogen and oxygen atoms in total. The van der Waals surface area contributed by atoms with Crippen molar-refractivity contribution in [2.75, 3.05) is 5.32 Å². The van der Waals surface area contributed by atoms with Gasteiger partial charge in [0.05, 0.1) is 16.3 Å². The minimum atomic E-state index is 0.503. The van der Waals surface area contributed by atoms with E-state index >= 15 is 0 Å². The van der Waals surface area contributed by atoms with E-state index < -0.39 is 0 Å². The second-order valence-electron chi connectivity index (χ2n) is 4.70. The van der Waals surface area contributed by atoms with E-state index in [1.807, 2.05) is 6.07 Å². The van der Waals surface area contributed by atoms with E-state index in [9.17, 15) is 5.26 Å². The van der Waals surface area contributed by atoms with Gasteiger partial charge in [-0.3, -0.25) is 0 Å². The molecule has 1 N–H and O–H groups in total. The van der Waals surface area contributed by atoms with Crippen molar-refractivity contribution in [3.05, 3.63) is 51.1 Å². The van der Waals surface area contributed by atoms with Crippen LogP contribution in [0, 0.1) is 11.3 Å². The Hall–Kier alpha value is -1.76. The molecule has 20 heavy (non-hydrogen) atoms. The number of rotatable bonds is 2. The molecule has 0 amide bonds. The SMILES string of the molecule is N#Cc1cc2c(nc1Nc1ccc(Cl)cc1Cl)CCC2. The maximum atomic E-state index is 9.26. The molecule has 0 bridgehead atoms. The molecule has 0 saturated carbocycles. The summed E-state index contributed by atoms with van der Waals surface area (Å²) in [6, 6.07) is 9.28. The van der Waals surface area contributed by atoms with E-state index in [4.69, 9.17) is 23.2 Å². The Balaban J connectivity index is 2.00. The topological polar surface area (TPSA) is 48.7 Å². The van der Waals surface area contributed by atoms with Crippen molar-refractivity contribution < 1.29 is 0 Å². The molecule has 0 atom stereocenters. The third-order valence-electron chi connectivity index (χ3n) is 3.36. The summed E-state index contributed by atoms with van der Waals surface area (Å²) in [4.78, 5) is 4.56. The normalized spacial score (nSPS) is 12.8. The molecule has 1 aromatic carbocycles. The number of anilines is 2. The van der Waals surface area contributed by atoms with Crippen LogP contribution in [0.2, 0.25) is 10.0 Å². The lowest BCUT2D eigenvalue weighted by Crippen LogP contribution is -2.01. The summed E-state index contributed by atoms with van der Waals surface area (Å²) in [7, 11) is 0. The van der Waals surface area contributed by atoms with Crippen LogP contribution in [0.15, 0.2) is 24.3 Å². The zero-order valence-electron chi connectivity index (χ0n) is 10.6. The summed E-state index contributed by atoms with van der Waals surface area (Å²) in [5.41, 5.74) is 3.47. The van der Waals surface area contributed by atoms with Gasteiger partial charge in [-0.25, -0.2) is 4.98 Å². The summed E-state index contributed by atoms with van der Waals surface area (Å²) in [5, 5.41) is 13.5. The van der Waals surface area contributed by atoms with Gasteiger partial charge >= 0.3 is 0 Å². The second kappa shape index (κ2) is 5.32. The van der Waals surface area contributed by atoms with Crippen LogP contribution < -0.4 is 5.32 Å². The summed E-state index contributed by atoms with van der Waals surface area (Å²) in [6.45, 7) is 0. The smallest absolute Gasteiger partial charge is 0.148 e. The Labute approximate surface area is 127 Å². The van der Waals surface area contributed by atoms with Gasteiger partial charge in [0, 0.05) is 10.7 Å². The lowest BCUT2D eigenvalue weighted by molar-refractivity contribution is 0.900. The largest absolute Gasteiger partial charge is 0.338 e. The molecule has 1 aromatic heterocycles. The molecule has 1 aliphatic carbocycles. The van der Waals surface area contributed by atoms with Crippen molar-refractivity contribution in [2.24, 2.45) is 0 Å². The number of nitriles is 1. The van der Waals surface area contributed by atoms with Crippen LogP contribution in [0.25, 0.3) is 0 Å². The van der Waals surface area contributed by atoms with Gasteiger partial charge in [0.25, 0.3) is 0 Å². The molecular weight excluding hydrogens is 293 g/mol. The number of pyridine rings is 1. The van der Waals surface area contributed by atoms with Gasteiger partial charge in [-0.1, -0.05) is 23.2 Å². The maximum absolute atomic E-state index is 9.26. The van der Waals surface area contributed by atoms with Crippen molar-refractivity contribution in [3.8, 4) is 6.07 Å². The van der Waals surface area contributed by atoms with E-state index in [2.05, 4.69) is 16.4 Å². The van der Waals surface area contributed by atoms with Gasteiger partial charge in [-0.05, 0) is 49.1 Å². The molecule has 0 aliphatic heterocycles. The van der Waals surface area contributed by atoms with Gasteiger partial charge in [0.15, 0.2) is 0 Å². The number of hydrogen-bond donors (Lipinski definition) is 1. The van der Waals surface area contributed by atoms with E-state index in [-0.39, 0.29) is 0 Å². The monoisotopic (exact) mass is 303 g/mol. The molecule has 100 valence electrons. The number of halogens is 2. The van der Waals surface area contributed by atoms with Crippen molar-refractivity contribution >= 4 is 34.7 Å². The van der Waals surface area contributed by atoms with Crippen molar-refractivity contribution in [3.63, 3.8) is 0 Å². The number of aryl methyl sites for hydroxylation is 2. The molecule has 0 unspecified atom stereocenters. The number of hydrogen-bond acceptors (Lipinski definition) is 3. The van der Waals surface area contributed by atoms with E-state index in [0.29, 0.717) is 27.1 Å². The van der Waals surface area contributed by atoms with E-state index in [0.717, 1.165) is 25.0 Å². The molecule has 3 rings (SSSR count). The highest BCUT2D eigenvalue weighted by Gasteiger charge is 2.17. The maximum Gasteiger partial charge on any atom is 0.148 e. The molecule has 0 fully saturated rings. The summed E-state index contributed by atoms with van der Waals surface area (Å²) in [6.07, 6.45) is 3.06.